The van der Waals surface area contributed by atoms with Crippen molar-refractivity contribution in [1.29, 1.82) is 0 Å². The number of hydrogen-bond donors (Lipinski definition) is 6. The van der Waals surface area contributed by atoms with Gasteiger partial charge in [-0.15, -0.1) is 0 Å². The van der Waals surface area contributed by atoms with Gasteiger partial charge in [-0.2, -0.15) is 0 Å². The fourth-order valence-corrected chi connectivity index (χ4v) is 5.95. The average Bonchev–Trinajstić information content (AvgIpc) is 3.54. The Morgan fingerprint density at radius 2 is 1.29 bits per heavy atom. The molecule has 3 heterocycles. The topological polar surface area (TPSA) is 195 Å². The third-order valence-corrected chi connectivity index (χ3v) is 8.19. The Hall–Kier alpha value is -3.08. The number of phenolic OH excluding ortho intramolecular Hbond substituents is 2. The predicted molar refractivity (Wildman–Crippen MR) is 141 cm³/mol. The van der Waals surface area contributed by atoms with Gasteiger partial charge in [0.2, 0.25) is 11.5 Å². The molecule has 42 heavy (non-hydrogen) atoms. The van der Waals surface area contributed by atoms with Gasteiger partial charge in [-0.05, 0) is 35.4 Å². The molecule has 9 atom stereocenters. The van der Waals surface area contributed by atoms with Crippen LogP contribution in [0.5, 0.6) is 34.5 Å². The summed E-state index contributed by atoms with van der Waals surface area (Å²) >= 11 is 0. The molecule has 14 heteroatoms. The van der Waals surface area contributed by atoms with Crippen molar-refractivity contribution >= 4 is 0 Å². The van der Waals surface area contributed by atoms with Crippen molar-refractivity contribution in [3.8, 4) is 34.5 Å². The maximum atomic E-state index is 10.8. The van der Waals surface area contributed by atoms with E-state index in [9.17, 15) is 30.6 Å². The number of phenols is 2. The molecular formula is C28H36O14. The zero-order chi connectivity index (χ0) is 30.3. The first-order chi connectivity index (χ1) is 20.1. The quantitative estimate of drug-likeness (QED) is 0.229. The van der Waals surface area contributed by atoms with E-state index in [1.807, 2.05) is 0 Å². The summed E-state index contributed by atoms with van der Waals surface area (Å²) in [7, 11) is 5.58. The maximum Gasteiger partial charge on any atom is 0.200 e. The number of methoxy groups -OCH3 is 4. The highest BCUT2D eigenvalue weighted by atomic mass is 16.7. The van der Waals surface area contributed by atoms with Gasteiger partial charge in [-0.1, -0.05) is 0 Å². The molecule has 0 aromatic heterocycles. The van der Waals surface area contributed by atoms with Crippen molar-refractivity contribution < 1.29 is 68.5 Å². The van der Waals surface area contributed by atoms with E-state index in [0.29, 0.717) is 11.1 Å². The fraction of sp³-hybridized carbons (Fsp3) is 0.571. The van der Waals surface area contributed by atoms with E-state index in [1.165, 1.54) is 28.4 Å². The van der Waals surface area contributed by atoms with Crippen molar-refractivity contribution in [2.45, 2.75) is 48.5 Å². The zero-order valence-electron chi connectivity index (χ0n) is 23.5. The number of ether oxygens (including phenoxy) is 8. The van der Waals surface area contributed by atoms with Crippen LogP contribution >= 0.6 is 0 Å². The van der Waals surface area contributed by atoms with Gasteiger partial charge in [0.15, 0.2) is 29.3 Å². The lowest BCUT2D eigenvalue weighted by molar-refractivity contribution is -0.334. The minimum atomic E-state index is -1.68. The minimum absolute atomic E-state index is 0.0871. The van der Waals surface area contributed by atoms with Crippen molar-refractivity contribution in [3.05, 3.63) is 35.4 Å². The lowest BCUT2D eigenvalue weighted by Gasteiger charge is -2.44. The van der Waals surface area contributed by atoms with E-state index in [2.05, 4.69) is 0 Å². The standard InChI is InChI=1S/C28H36O14/c1-35-15-5-12(6-16(36-2)20(15)30)25-14-10-39-26(13-7-17(37-3)21(31)18(8-13)38-4)28(14,11-40-25)42-27-24(34)23(33)22(32)19(9-29)41-27/h5-8,14,19,22-27,29-34H,9-11H2,1-4H3/t14-,19+,22+,23-,24+,25-,26-,27+,28-/m1/s1. The van der Waals surface area contributed by atoms with Gasteiger partial charge in [-0.3, -0.25) is 0 Å². The van der Waals surface area contributed by atoms with Gasteiger partial charge in [0.05, 0.1) is 54.4 Å². The fourth-order valence-electron chi connectivity index (χ4n) is 5.95. The van der Waals surface area contributed by atoms with Crippen LogP contribution in [0.4, 0.5) is 0 Å². The molecule has 232 valence electrons. The summed E-state index contributed by atoms with van der Waals surface area (Å²) in [6, 6.07) is 6.32. The summed E-state index contributed by atoms with van der Waals surface area (Å²) in [5, 5.41) is 62.3. The second kappa shape index (κ2) is 11.9. The molecule has 0 unspecified atom stereocenters. The first kappa shape index (κ1) is 30.4. The molecule has 0 bridgehead atoms. The summed E-state index contributed by atoms with van der Waals surface area (Å²) in [4.78, 5) is 0. The molecule has 5 rings (SSSR count). The number of aromatic hydroxyl groups is 2. The third-order valence-electron chi connectivity index (χ3n) is 8.19. The highest BCUT2D eigenvalue weighted by molar-refractivity contribution is 5.55. The first-order valence-electron chi connectivity index (χ1n) is 13.2. The highest BCUT2D eigenvalue weighted by Gasteiger charge is 2.63. The van der Waals surface area contributed by atoms with Crippen LogP contribution in [0.2, 0.25) is 0 Å². The molecule has 14 nitrogen and oxygen atoms in total. The molecule has 3 aliphatic rings. The van der Waals surface area contributed by atoms with Crippen molar-refractivity contribution in [2.75, 3.05) is 48.3 Å². The normalized spacial score (nSPS) is 34.2. The van der Waals surface area contributed by atoms with Crippen LogP contribution in [-0.2, 0) is 18.9 Å². The molecule has 6 N–H and O–H groups in total. The van der Waals surface area contributed by atoms with Crippen LogP contribution in [0, 0.1) is 5.92 Å². The van der Waals surface area contributed by atoms with Crippen molar-refractivity contribution in [2.24, 2.45) is 5.92 Å². The van der Waals surface area contributed by atoms with E-state index in [-0.39, 0.29) is 47.7 Å². The number of benzene rings is 2. The van der Waals surface area contributed by atoms with Gasteiger partial charge >= 0.3 is 0 Å². The van der Waals surface area contributed by atoms with E-state index >= 15 is 0 Å². The van der Waals surface area contributed by atoms with Gasteiger partial charge in [0.1, 0.15) is 36.1 Å². The number of rotatable bonds is 9. The minimum Gasteiger partial charge on any atom is -0.502 e. The van der Waals surface area contributed by atoms with Crippen LogP contribution in [0.3, 0.4) is 0 Å². The van der Waals surface area contributed by atoms with Crippen LogP contribution in [0.15, 0.2) is 24.3 Å². The Bertz CT molecular complexity index is 1220. The molecule has 0 aliphatic carbocycles. The molecule has 3 aliphatic heterocycles. The summed E-state index contributed by atoms with van der Waals surface area (Å²) in [5.74, 6) is -0.432. The third kappa shape index (κ3) is 4.87. The second-order valence-electron chi connectivity index (χ2n) is 10.4. The van der Waals surface area contributed by atoms with Gasteiger partial charge in [0.25, 0.3) is 0 Å². The summed E-state index contributed by atoms with van der Waals surface area (Å²) in [6.07, 6.45) is -9.23. The van der Waals surface area contributed by atoms with E-state index < -0.39 is 61.0 Å². The lowest BCUT2D eigenvalue weighted by atomic mass is 9.80. The first-order valence-corrected chi connectivity index (χ1v) is 13.2. The molecule has 2 aromatic rings. The Balaban J connectivity index is 1.60. The van der Waals surface area contributed by atoms with Crippen LogP contribution in [-0.4, -0.2) is 115 Å². The average molecular weight is 597 g/mol. The van der Waals surface area contributed by atoms with Gasteiger partial charge < -0.3 is 68.5 Å². The predicted octanol–water partition coefficient (Wildman–Crippen LogP) is 0.146. The Morgan fingerprint density at radius 3 is 1.79 bits per heavy atom. The van der Waals surface area contributed by atoms with Crippen molar-refractivity contribution in [3.63, 3.8) is 0 Å². The van der Waals surface area contributed by atoms with Gasteiger partial charge in [0, 0.05) is 5.92 Å². The smallest absolute Gasteiger partial charge is 0.200 e. The van der Waals surface area contributed by atoms with Crippen molar-refractivity contribution in [1.82, 2.24) is 0 Å². The molecule has 0 amide bonds. The van der Waals surface area contributed by atoms with E-state index in [0.717, 1.165) is 0 Å². The lowest BCUT2D eigenvalue weighted by Crippen LogP contribution is -2.61. The number of aliphatic hydroxyl groups is 4. The van der Waals surface area contributed by atoms with Gasteiger partial charge in [-0.25, -0.2) is 0 Å². The van der Waals surface area contributed by atoms with Crippen LogP contribution in [0.25, 0.3) is 0 Å². The van der Waals surface area contributed by atoms with E-state index in [4.69, 9.17) is 37.9 Å². The second-order valence-corrected chi connectivity index (χ2v) is 10.4. The molecule has 0 radical (unpaired) electrons. The maximum absolute atomic E-state index is 10.8. The Morgan fingerprint density at radius 1 is 0.762 bits per heavy atom. The molecule has 0 spiro atoms. The SMILES string of the molecule is COc1cc([C@H]2OC[C@]3(O[C@@H]4O[C@@H](CO)[C@H](O)[C@@H](O)[C@@H]4O)[C@@H](c4cc(OC)c(O)c(OC)c4)OC[C@H]23)cc(OC)c1O. The molecule has 3 saturated heterocycles. The largest absolute Gasteiger partial charge is 0.502 e. The monoisotopic (exact) mass is 596 g/mol. The summed E-state index contributed by atoms with van der Waals surface area (Å²) in [6.45, 7) is -0.650. The highest BCUT2D eigenvalue weighted by Crippen LogP contribution is 2.58. The van der Waals surface area contributed by atoms with Crippen LogP contribution < -0.4 is 18.9 Å². The molecule has 2 aromatic carbocycles. The van der Waals surface area contributed by atoms with E-state index in [1.54, 1.807) is 24.3 Å². The van der Waals surface area contributed by atoms with Crippen LogP contribution in [0.1, 0.15) is 23.3 Å². The molecule has 3 fully saturated rings. The zero-order valence-corrected chi connectivity index (χ0v) is 23.5. The molecular weight excluding hydrogens is 560 g/mol. The summed E-state index contributed by atoms with van der Waals surface area (Å²) in [5.41, 5.74) is -0.321. The Kier molecular flexibility index (Phi) is 8.60. The Labute approximate surface area is 241 Å². The summed E-state index contributed by atoms with van der Waals surface area (Å²) < 4.78 is 46.2. The molecule has 0 saturated carbocycles. The number of fused-ring (bicyclic) bond motifs is 1. The number of hydrogen-bond acceptors (Lipinski definition) is 14. The number of aliphatic hydroxyl groups excluding tert-OH is 4.